The molecule has 9 nitrogen and oxygen atoms in total. The van der Waals surface area contributed by atoms with Crippen LogP contribution >= 0.6 is 0 Å². The first-order chi connectivity index (χ1) is 17.9. The molecule has 0 aromatic carbocycles. The molecule has 0 bridgehead atoms. The fourth-order valence-electron chi connectivity index (χ4n) is 5.72. The molecule has 1 aliphatic heterocycles. The van der Waals surface area contributed by atoms with Crippen LogP contribution < -0.4 is 10.6 Å². The molecule has 1 aliphatic carbocycles. The molecule has 4 rings (SSSR count). The first kappa shape index (κ1) is 28.3. The predicted molar refractivity (Wildman–Crippen MR) is 130 cm³/mol. The largest absolute Gasteiger partial charge is 0.471 e. The second kappa shape index (κ2) is 9.20. The van der Waals surface area contributed by atoms with Gasteiger partial charge in [0.1, 0.15) is 18.1 Å². The number of carbonyl (C=O) groups is 3. The fraction of sp³-hybridized carbons (Fsp3) is 0.577. The lowest BCUT2D eigenvalue weighted by molar-refractivity contribution is -0.176. The molecular formula is C26H30F4N6O3. The summed E-state index contributed by atoms with van der Waals surface area (Å²) >= 11 is 0. The molecule has 2 fully saturated rings. The highest BCUT2D eigenvalue weighted by atomic mass is 19.4. The van der Waals surface area contributed by atoms with E-state index >= 15 is 0 Å². The lowest BCUT2D eigenvalue weighted by atomic mass is 9.85. The Labute approximate surface area is 222 Å². The minimum Gasteiger partial charge on any atom is -0.336 e. The van der Waals surface area contributed by atoms with Crippen LogP contribution in [0, 0.1) is 46.9 Å². The molecule has 1 saturated carbocycles. The molecule has 39 heavy (non-hydrogen) atoms. The minimum atomic E-state index is -5.19. The highest BCUT2D eigenvalue weighted by molar-refractivity contribution is 5.95. The van der Waals surface area contributed by atoms with E-state index in [1.807, 2.05) is 19.9 Å². The maximum Gasteiger partial charge on any atom is 0.471 e. The van der Waals surface area contributed by atoms with Crippen LogP contribution in [0.4, 0.5) is 17.6 Å². The van der Waals surface area contributed by atoms with E-state index in [2.05, 4.69) is 10.4 Å². The van der Waals surface area contributed by atoms with Crippen molar-refractivity contribution in [1.82, 2.24) is 25.1 Å². The maximum absolute atomic E-state index is 14.3. The topological polar surface area (TPSA) is 120 Å². The molecule has 13 heteroatoms. The number of pyridine rings is 1. The van der Waals surface area contributed by atoms with Crippen LogP contribution in [0.3, 0.4) is 0 Å². The Morgan fingerprint density at radius 1 is 1.18 bits per heavy atom. The Kier molecular flexibility index (Phi) is 6.68. The van der Waals surface area contributed by atoms with Crippen LogP contribution in [0.25, 0.3) is 5.52 Å². The van der Waals surface area contributed by atoms with Gasteiger partial charge in [0.25, 0.3) is 0 Å². The molecule has 2 aromatic heterocycles. The number of likely N-dealkylation sites (tertiary alicyclic amines) is 1. The van der Waals surface area contributed by atoms with Crippen molar-refractivity contribution in [2.45, 2.75) is 65.8 Å². The lowest BCUT2D eigenvalue weighted by Crippen LogP contribution is -2.60. The normalized spacial score (nSPS) is 23.5. The molecule has 2 N–H and O–H groups in total. The van der Waals surface area contributed by atoms with Crippen molar-refractivity contribution in [3.8, 4) is 6.07 Å². The van der Waals surface area contributed by atoms with Crippen LogP contribution in [0.2, 0.25) is 0 Å². The number of nitrogens with one attached hydrogen (secondary N) is 2. The number of hydrogen-bond acceptors (Lipinski definition) is 5. The van der Waals surface area contributed by atoms with Crippen molar-refractivity contribution >= 4 is 23.2 Å². The quantitative estimate of drug-likeness (QED) is 0.438. The van der Waals surface area contributed by atoms with Gasteiger partial charge in [-0.2, -0.15) is 27.9 Å². The van der Waals surface area contributed by atoms with Gasteiger partial charge in [-0.1, -0.05) is 40.7 Å². The van der Waals surface area contributed by atoms with Crippen LogP contribution in [0.15, 0.2) is 18.3 Å². The summed E-state index contributed by atoms with van der Waals surface area (Å²) in [5, 5.41) is 18.3. The zero-order chi connectivity index (χ0) is 29.2. The smallest absolute Gasteiger partial charge is 0.336 e. The van der Waals surface area contributed by atoms with Gasteiger partial charge in [-0.15, -0.1) is 0 Å². The van der Waals surface area contributed by atoms with Crippen LogP contribution in [0.1, 0.15) is 51.8 Å². The fourth-order valence-corrected chi connectivity index (χ4v) is 5.72. The van der Waals surface area contributed by atoms with Gasteiger partial charge in [-0.05, 0) is 41.2 Å². The first-order valence-electron chi connectivity index (χ1n) is 12.4. The van der Waals surface area contributed by atoms with E-state index in [1.54, 1.807) is 12.2 Å². The monoisotopic (exact) mass is 550 g/mol. The van der Waals surface area contributed by atoms with Gasteiger partial charge >= 0.3 is 12.1 Å². The number of fused-ring (bicyclic) bond motifs is 2. The summed E-state index contributed by atoms with van der Waals surface area (Å²) in [6.07, 6.45) is -3.91. The Hall–Kier alpha value is -3.69. The number of hydrogen-bond donors (Lipinski definition) is 2. The van der Waals surface area contributed by atoms with Gasteiger partial charge < -0.3 is 15.5 Å². The van der Waals surface area contributed by atoms with Crippen LogP contribution in [-0.4, -0.2) is 57.0 Å². The number of halogens is 4. The standard InChI is InChI=1S/C26H30F4N6O3/c1-12-7-8-16(27)36-18(12)13(10-32-36)15(9-31)33-21(37)19-17-14(25(17,5)6)11-35(19)22(38)20(24(2,3)4)34-23(39)26(28,29)30/h7-8,10,14-15,17,19-20H,11H2,1-6H3,(H,33,37)(H,34,39)/t14-,15?,17-,19-,20+/m0/s1. The maximum atomic E-state index is 14.3. The second-order valence-electron chi connectivity index (χ2n) is 11.9. The number of alkyl halides is 3. The number of piperidine rings is 1. The Bertz CT molecular complexity index is 1390. The molecule has 2 aliphatic rings. The Morgan fingerprint density at radius 2 is 1.82 bits per heavy atom. The van der Waals surface area contributed by atoms with E-state index in [1.165, 1.54) is 44.0 Å². The van der Waals surface area contributed by atoms with E-state index < -0.39 is 53.4 Å². The third kappa shape index (κ3) is 4.81. The van der Waals surface area contributed by atoms with E-state index in [0.717, 1.165) is 4.52 Å². The van der Waals surface area contributed by atoms with Gasteiger partial charge in [-0.25, -0.2) is 4.52 Å². The summed E-state index contributed by atoms with van der Waals surface area (Å²) in [7, 11) is 0. The van der Waals surface area contributed by atoms with E-state index in [4.69, 9.17) is 0 Å². The van der Waals surface area contributed by atoms with Gasteiger partial charge in [0.2, 0.25) is 17.8 Å². The average Bonchev–Trinajstić information content (AvgIpc) is 3.23. The molecule has 2 aromatic rings. The Morgan fingerprint density at radius 3 is 2.38 bits per heavy atom. The van der Waals surface area contributed by atoms with Gasteiger partial charge in [0.05, 0.1) is 17.8 Å². The summed E-state index contributed by atoms with van der Waals surface area (Å²) in [4.78, 5) is 40.3. The second-order valence-corrected chi connectivity index (χ2v) is 11.9. The van der Waals surface area contributed by atoms with E-state index in [9.17, 15) is 37.2 Å². The number of rotatable bonds is 5. The van der Waals surface area contributed by atoms with Crippen molar-refractivity contribution in [3.05, 3.63) is 35.4 Å². The number of nitriles is 1. The Balaban J connectivity index is 1.64. The van der Waals surface area contributed by atoms with Gasteiger partial charge in [0.15, 0.2) is 0 Å². The third-order valence-corrected chi connectivity index (χ3v) is 7.98. The number of carbonyl (C=O) groups excluding carboxylic acids is 3. The molecule has 210 valence electrons. The lowest BCUT2D eigenvalue weighted by Gasteiger charge is -2.37. The summed E-state index contributed by atoms with van der Waals surface area (Å²) in [6.45, 7) is 10.2. The van der Waals surface area contributed by atoms with Crippen LogP contribution in [0.5, 0.6) is 0 Å². The third-order valence-electron chi connectivity index (χ3n) is 7.98. The summed E-state index contributed by atoms with van der Waals surface area (Å²) in [5.41, 5.74) is -0.232. The number of nitrogens with zero attached hydrogens (tertiary/aromatic N) is 4. The van der Waals surface area contributed by atoms with Crippen molar-refractivity contribution in [2.24, 2.45) is 22.7 Å². The highest BCUT2D eigenvalue weighted by Crippen LogP contribution is 2.65. The van der Waals surface area contributed by atoms with Crippen molar-refractivity contribution in [3.63, 3.8) is 0 Å². The zero-order valence-corrected chi connectivity index (χ0v) is 22.4. The van der Waals surface area contributed by atoms with E-state index in [-0.39, 0.29) is 29.4 Å². The number of aromatic nitrogens is 2. The average molecular weight is 551 g/mol. The highest BCUT2D eigenvalue weighted by Gasteiger charge is 2.70. The number of aryl methyl sites for hydroxylation is 1. The molecule has 5 atom stereocenters. The molecule has 3 heterocycles. The van der Waals surface area contributed by atoms with E-state index in [0.29, 0.717) is 11.1 Å². The molecule has 1 unspecified atom stereocenters. The molecular weight excluding hydrogens is 520 g/mol. The SMILES string of the molecule is Cc1ccc(F)n2ncc(C(C#N)NC(=O)[C@@H]3[C@@H]4[C@H](CN3C(=O)[C@@H](NC(=O)C(F)(F)F)C(C)(C)C)C4(C)C)c12. The van der Waals surface area contributed by atoms with Gasteiger partial charge in [0, 0.05) is 12.1 Å². The van der Waals surface area contributed by atoms with Gasteiger partial charge in [-0.3, -0.25) is 14.4 Å². The molecule has 1 saturated heterocycles. The van der Waals surface area contributed by atoms with Crippen molar-refractivity contribution in [1.29, 1.82) is 5.26 Å². The predicted octanol–water partition coefficient (Wildman–Crippen LogP) is 3.04. The molecule has 3 amide bonds. The molecule has 0 spiro atoms. The van der Waals surface area contributed by atoms with Crippen LogP contribution in [-0.2, 0) is 14.4 Å². The minimum absolute atomic E-state index is 0.0926. The summed E-state index contributed by atoms with van der Waals surface area (Å²) in [6, 6.07) is 0.848. The first-order valence-corrected chi connectivity index (χ1v) is 12.4. The summed E-state index contributed by atoms with van der Waals surface area (Å²) < 4.78 is 54.4. The zero-order valence-electron chi connectivity index (χ0n) is 22.4. The number of amides is 3. The molecule has 0 radical (unpaired) electrons. The van der Waals surface area contributed by atoms with Crippen molar-refractivity contribution < 1.29 is 31.9 Å². The summed E-state index contributed by atoms with van der Waals surface area (Å²) in [5.74, 6) is -4.79. The van der Waals surface area contributed by atoms with Crippen molar-refractivity contribution in [2.75, 3.05) is 6.54 Å².